The third-order valence-corrected chi connectivity index (χ3v) is 4.51. The summed E-state index contributed by atoms with van der Waals surface area (Å²) >= 11 is 0. The molecule has 0 aliphatic rings. The van der Waals surface area contributed by atoms with Gasteiger partial charge in [-0.25, -0.2) is 13.1 Å². The standard InChI is InChI=1S/C12H24N4O2S/c1-9(2)8-14-19(17,18)12-10(3)15-16(11(12)4)7-6-13-5/h9,13-14H,6-8H2,1-5H3. The number of aryl methyl sites for hydroxylation is 1. The summed E-state index contributed by atoms with van der Waals surface area (Å²) in [6.07, 6.45) is 0. The first-order valence-electron chi connectivity index (χ1n) is 6.48. The third-order valence-electron chi connectivity index (χ3n) is 2.84. The fraction of sp³-hybridized carbons (Fsp3) is 0.750. The molecule has 0 unspecified atom stereocenters. The van der Waals surface area contributed by atoms with E-state index in [1.807, 2.05) is 20.9 Å². The molecule has 1 heterocycles. The van der Waals surface area contributed by atoms with Gasteiger partial charge in [-0.15, -0.1) is 0 Å². The Morgan fingerprint density at radius 1 is 1.32 bits per heavy atom. The van der Waals surface area contributed by atoms with E-state index in [1.54, 1.807) is 18.5 Å². The molecule has 0 radical (unpaired) electrons. The summed E-state index contributed by atoms with van der Waals surface area (Å²) in [7, 11) is -1.62. The van der Waals surface area contributed by atoms with Crippen molar-refractivity contribution in [2.24, 2.45) is 5.92 Å². The number of rotatable bonds is 7. The maximum atomic E-state index is 12.3. The number of hydrogen-bond acceptors (Lipinski definition) is 4. The molecule has 19 heavy (non-hydrogen) atoms. The maximum absolute atomic E-state index is 12.3. The first-order valence-corrected chi connectivity index (χ1v) is 7.96. The first kappa shape index (κ1) is 16.1. The normalized spacial score (nSPS) is 12.3. The molecular formula is C12H24N4O2S. The Balaban J connectivity index is 3.03. The fourth-order valence-electron chi connectivity index (χ4n) is 1.85. The van der Waals surface area contributed by atoms with Gasteiger partial charge in [0.2, 0.25) is 10.0 Å². The zero-order valence-electron chi connectivity index (χ0n) is 12.3. The highest BCUT2D eigenvalue weighted by Gasteiger charge is 2.24. The van der Waals surface area contributed by atoms with Gasteiger partial charge >= 0.3 is 0 Å². The summed E-state index contributed by atoms with van der Waals surface area (Å²) in [5, 5.41) is 7.32. The topological polar surface area (TPSA) is 76.0 Å². The molecule has 0 amide bonds. The Morgan fingerprint density at radius 3 is 2.47 bits per heavy atom. The summed E-state index contributed by atoms with van der Waals surface area (Å²) in [6.45, 7) is 9.30. The van der Waals surface area contributed by atoms with Crippen LogP contribution in [0.3, 0.4) is 0 Å². The Hall–Kier alpha value is -0.920. The molecule has 7 heteroatoms. The zero-order chi connectivity index (χ0) is 14.6. The highest BCUT2D eigenvalue weighted by atomic mass is 32.2. The molecule has 0 aliphatic carbocycles. The van der Waals surface area contributed by atoms with Crippen LogP contribution in [0.15, 0.2) is 4.90 Å². The molecule has 110 valence electrons. The number of nitrogens with one attached hydrogen (secondary N) is 2. The summed E-state index contributed by atoms with van der Waals surface area (Å²) in [5.74, 6) is 0.273. The second kappa shape index (κ2) is 6.49. The van der Waals surface area contributed by atoms with Crippen LogP contribution in [0.1, 0.15) is 25.2 Å². The van der Waals surface area contributed by atoms with Gasteiger partial charge in [-0.1, -0.05) is 13.8 Å². The van der Waals surface area contributed by atoms with Crippen LogP contribution < -0.4 is 10.0 Å². The van der Waals surface area contributed by atoms with Gasteiger partial charge in [0.05, 0.1) is 17.9 Å². The van der Waals surface area contributed by atoms with E-state index in [1.165, 1.54) is 0 Å². The van der Waals surface area contributed by atoms with Crippen LogP contribution >= 0.6 is 0 Å². The molecule has 0 saturated heterocycles. The molecule has 0 aromatic carbocycles. The summed E-state index contributed by atoms with van der Waals surface area (Å²) in [6, 6.07) is 0. The number of aromatic nitrogens is 2. The van der Waals surface area contributed by atoms with Crippen molar-refractivity contribution in [2.75, 3.05) is 20.1 Å². The third kappa shape index (κ3) is 4.02. The molecule has 0 aliphatic heterocycles. The summed E-state index contributed by atoms with van der Waals surface area (Å²) in [5.41, 5.74) is 1.23. The van der Waals surface area contributed by atoms with Crippen LogP contribution in [0.5, 0.6) is 0 Å². The minimum absolute atomic E-state index is 0.273. The van der Waals surface area contributed by atoms with Gasteiger partial charge in [-0.3, -0.25) is 4.68 Å². The van der Waals surface area contributed by atoms with E-state index in [2.05, 4.69) is 15.1 Å². The van der Waals surface area contributed by atoms with Gasteiger partial charge in [0.25, 0.3) is 0 Å². The predicted molar refractivity (Wildman–Crippen MR) is 75.7 cm³/mol. The lowest BCUT2D eigenvalue weighted by atomic mass is 10.2. The first-order chi connectivity index (χ1) is 8.79. The van der Waals surface area contributed by atoms with Gasteiger partial charge in [0.15, 0.2) is 0 Å². The number of sulfonamides is 1. The summed E-state index contributed by atoms with van der Waals surface area (Å²) in [4.78, 5) is 0.309. The van der Waals surface area contributed by atoms with E-state index in [-0.39, 0.29) is 5.92 Å². The average molecular weight is 288 g/mol. The predicted octanol–water partition coefficient (Wildman–Crippen LogP) is 0.654. The van der Waals surface area contributed by atoms with Crippen molar-refractivity contribution in [1.29, 1.82) is 0 Å². The molecular weight excluding hydrogens is 264 g/mol. The summed E-state index contributed by atoms with van der Waals surface area (Å²) < 4.78 is 28.9. The number of likely N-dealkylation sites (N-methyl/N-ethyl adjacent to an activating group) is 1. The van der Waals surface area contributed by atoms with E-state index in [0.717, 1.165) is 6.54 Å². The van der Waals surface area contributed by atoms with Crippen LogP contribution in [0.2, 0.25) is 0 Å². The van der Waals surface area contributed by atoms with Gasteiger partial charge in [-0.05, 0) is 26.8 Å². The van der Waals surface area contributed by atoms with Crippen LogP contribution in [0.4, 0.5) is 0 Å². The largest absolute Gasteiger partial charge is 0.318 e. The van der Waals surface area contributed by atoms with Gasteiger partial charge in [0.1, 0.15) is 4.90 Å². The SMILES string of the molecule is CNCCn1nc(C)c(S(=O)(=O)NCC(C)C)c1C. The van der Waals surface area contributed by atoms with Gasteiger partial charge in [0, 0.05) is 13.1 Å². The Morgan fingerprint density at radius 2 is 1.95 bits per heavy atom. The molecule has 1 rings (SSSR count). The molecule has 1 aromatic heterocycles. The Bertz CT molecular complexity index is 520. The van der Waals surface area contributed by atoms with Crippen molar-refractivity contribution in [3.05, 3.63) is 11.4 Å². The lowest BCUT2D eigenvalue weighted by Gasteiger charge is -2.09. The van der Waals surface area contributed by atoms with Crippen LogP contribution in [0.25, 0.3) is 0 Å². The van der Waals surface area contributed by atoms with E-state index >= 15 is 0 Å². The molecule has 6 nitrogen and oxygen atoms in total. The van der Waals surface area contributed by atoms with E-state index in [0.29, 0.717) is 29.4 Å². The van der Waals surface area contributed by atoms with Crippen molar-refractivity contribution >= 4 is 10.0 Å². The smallest absolute Gasteiger partial charge is 0.244 e. The van der Waals surface area contributed by atoms with Crippen molar-refractivity contribution in [3.8, 4) is 0 Å². The molecule has 1 aromatic rings. The van der Waals surface area contributed by atoms with Crippen molar-refractivity contribution < 1.29 is 8.42 Å². The number of hydrogen-bond donors (Lipinski definition) is 2. The Kier molecular flexibility index (Phi) is 5.51. The molecule has 0 bridgehead atoms. The second-order valence-corrected chi connectivity index (χ2v) is 6.78. The zero-order valence-corrected chi connectivity index (χ0v) is 13.1. The van der Waals surface area contributed by atoms with Gasteiger partial charge in [-0.2, -0.15) is 5.10 Å². The van der Waals surface area contributed by atoms with E-state index < -0.39 is 10.0 Å². The maximum Gasteiger partial charge on any atom is 0.244 e. The van der Waals surface area contributed by atoms with Crippen LogP contribution in [-0.2, 0) is 16.6 Å². The minimum Gasteiger partial charge on any atom is -0.318 e. The fourth-order valence-corrected chi connectivity index (χ4v) is 3.47. The highest BCUT2D eigenvalue weighted by molar-refractivity contribution is 7.89. The minimum atomic E-state index is -3.47. The van der Waals surface area contributed by atoms with Crippen molar-refractivity contribution in [2.45, 2.75) is 39.1 Å². The molecule has 0 atom stereocenters. The molecule has 2 N–H and O–H groups in total. The van der Waals surface area contributed by atoms with Crippen LogP contribution in [0, 0.1) is 19.8 Å². The van der Waals surface area contributed by atoms with Crippen molar-refractivity contribution in [1.82, 2.24) is 19.8 Å². The lowest BCUT2D eigenvalue weighted by Crippen LogP contribution is -2.28. The average Bonchev–Trinajstić information content (AvgIpc) is 2.60. The highest BCUT2D eigenvalue weighted by Crippen LogP contribution is 2.19. The molecule has 0 spiro atoms. The quantitative estimate of drug-likeness (QED) is 0.772. The molecule has 0 fully saturated rings. The Labute approximate surface area is 115 Å². The molecule has 0 saturated carbocycles. The van der Waals surface area contributed by atoms with Crippen molar-refractivity contribution in [3.63, 3.8) is 0 Å². The van der Waals surface area contributed by atoms with Gasteiger partial charge < -0.3 is 5.32 Å². The number of nitrogens with zero attached hydrogens (tertiary/aromatic N) is 2. The van der Waals surface area contributed by atoms with E-state index in [4.69, 9.17) is 0 Å². The lowest BCUT2D eigenvalue weighted by molar-refractivity contribution is 0.555. The monoisotopic (exact) mass is 288 g/mol. The van der Waals surface area contributed by atoms with Crippen LogP contribution in [-0.4, -0.2) is 38.3 Å². The van der Waals surface area contributed by atoms with E-state index in [9.17, 15) is 8.42 Å². The second-order valence-electron chi connectivity index (χ2n) is 5.07.